The van der Waals surface area contributed by atoms with Crippen molar-refractivity contribution in [3.05, 3.63) is 57.5 Å². The fourth-order valence-electron chi connectivity index (χ4n) is 3.90. The highest BCUT2D eigenvalue weighted by Crippen LogP contribution is 2.23. The third kappa shape index (κ3) is 5.70. The number of sulfone groups is 1. The predicted molar refractivity (Wildman–Crippen MR) is 136 cm³/mol. The Labute approximate surface area is 217 Å². The summed E-state index contributed by atoms with van der Waals surface area (Å²) in [4.78, 5) is 34.7. The molecule has 38 heavy (non-hydrogen) atoms. The van der Waals surface area contributed by atoms with Crippen molar-refractivity contribution < 1.29 is 31.9 Å². The topological polar surface area (TPSA) is 185 Å². The molecule has 0 spiro atoms. The van der Waals surface area contributed by atoms with Crippen LogP contribution in [-0.4, -0.2) is 60.0 Å². The van der Waals surface area contributed by atoms with Gasteiger partial charge in [-0.3, -0.25) is 20.2 Å². The normalized spacial score (nSPS) is 17.1. The number of amides is 1. The van der Waals surface area contributed by atoms with Gasteiger partial charge in [0, 0.05) is 31.9 Å². The number of halogens is 2. The minimum atomic E-state index is -4.38. The molecule has 2 heterocycles. The summed E-state index contributed by atoms with van der Waals surface area (Å²) in [5, 5.41) is 20.0. The highest BCUT2D eigenvalue weighted by atomic mass is 32.2. The number of benzene rings is 1. The van der Waals surface area contributed by atoms with Crippen LogP contribution in [0, 0.1) is 11.6 Å². The van der Waals surface area contributed by atoms with E-state index in [1.807, 2.05) is 6.08 Å². The summed E-state index contributed by atoms with van der Waals surface area (Å²) in [7, 11) is -3.04. The molecule has 1 amide bonds. The summed E-state index contributed by atoms with van der Waals surface area (Å²) in [6.07, 6.45) is 4.69. The molecule has 1 aromatic carbocycles. The Hall–Kier alpha value is -3.40. The van der Waals surface area contributed by atoms with Gasteiger partial charge < -0.3 is 26.0 Å². The maximum Gasteiger partial charge on any atom is 0.341 e. The van der Waals surface area contributed by atoms with Crippen LogP contribution in [0.2, 0.25) is 0 Å². The van der Waals surface area contributed by atoms with Gasteiger partial charge in [0.1, 0.15) is 17.7 Å². The highest BCUT2D eigenvalue weighted by molar-refractivity contribution is 7.93. The van der Waals surface area contributed by atoms with E-state index in [-0.39, 0.29) is 24.0 Å². The third-order valence-electron chi connectivity index (χ3n) is 6.20. The summed E-state index contributed by atoms with van der Waals surface area (Å²) in [6, 6.07) is 0.815. The van der Waals surface area contributed by atoms with Crippen molar-refractivity contribution in [2.75, 3.05) is 18.8 Å². The first kappa shape index (κ1) is 29.2. The van der Waals surface area contributed by atoms with Crippen LogP contribution in [0.3, 0.4) is 0 Å². The molecule has 0 fully saturated rings. The Morgan fingerprint density at radius 3 is 2.66 bits per heavy atom. The zero-order valence-corrected chi connectivity index (χ0v) is 21.6. The molecule has 12 nitrogen and oxygen atoms in total. The van der Waals surface area contributed by atoms with Crippen LogP contribution in [0.15, 0.2) is 29.3 Å². The molecule has 208 valence electrons. The molecule has 0 aliphatic carbocycles. The SMILES string of the molecule is CCCCS(=O)(=O)C(N)(CNC(=O)c1cn(C)c2c(F)c(CNC3NC=CCN3)c(F)cc2c1=O)C(=O)O. The highest BCUT2D eigenvalue weighted by Gasteiger charge is 2.47. The first-order valence-electron chi connectivity index (χ1n) is 11.7. The Bertz CT molecular complexity index is 1440. The number of fused-ring (bicyclic) bond motifs is 1. The molecule has 7 N–H and O–H groups in total. The minimum absolute atomic E-state index is 0.160. The van der Waals surface area contributed by atoms with E-state index in [1.54, 1.807) is 13.1 Å². The Morgan fingerprint density at radius 1 is 1.34 bits per heavy atom. The Morgan fingerprint density at radius 2 is 2.05 bits per heavy atom. The van der Waals surface area contributed by atoms with E-state index >= 15 is 4.39 Å². The van der Waals surface area contributed by atoms with Crippen molar-refractivity contribution in [3.63, 3.8) is 0 Å². The van der Waals surface area contributed by atoms with Crippen molar-refractivity contribution in [2.24, 2.45) is 12.8 Å². The van der Waals surface area contributed by atoms with Crippen LogP contribution in [0.5, 0.6) is 0 Å². The lowest BCUT2D eigenvalue weighted by atomic mass is 10.1. The summed E-state index contributed by atoms with van der Waals surface area (Å²) in [6.45, 7) is 1.01. The summed E-state index contributed by atoms with van der Waals surface area (Å²) < 4.78 is 56.4. The quantitative estimate of drug-likeness (QED) is 0.212. The molecule has 1 aliphatic rings. The smallest absolute Gasteiger partial charge is 0.341 e. The zero-order chi connectivity index (χ0) is 28.3. The lowest BCUT2D eigenvalue weighted by Gasteiger charge is -2.25. The van der Waals surface area contributed by atoms with E-state index < -0.39 is 73.2 Å². The fourth-order valence-corrected chi connectivity index (χ4v) is 5.49. The fraction of sp³-hybridized carbons (Fsp3) is 0.435. The number of nitrogens with two attached hydrogens (primary N) is 1. The van der Waals surface area contributed by atoms with Gasteiger partial charge in [-0.05, 0) is 18.7 Å². The number of aromatic nitrogens is 1. The number of nitrogens with one attached hydrogen (secondary N) is 4. The van der Waals surface area contributed by atoms with Crippen molar-refractivity contribution in [3.8, 4) is 0 Å². The van der Waals surface area contributed by atoms with Gasteiger partial charge in [0.25, 0.3) is 5.91 Å². The summed E-state index contributed by atoms with van der Waals surface area (Å²) in [5.74, 6) is -5.56. The number of carboxylic acids is 1. The molecule has 0 bridgehead atoms. The average Bonchev–Trinajstić information content (AvgIpc) is 2.87. The molecule has 1 aromatic heterocycles. The lowest BCUT2D eigenvalue weighted by molar-refractivity contribution is -0.139. The number of unbranched alkanes of at least 4 members (excludes halogenated alkanes) is 1. The maximum atomic E-state index is 15.3. The number of carboxylic acid groups (broad SMARTS) is 1. The second kappa shape index (κ2) is 11.6. The molecule has 15 heteroatoms. The number of hydrogen-bond acceptors (Lipinski definition) is 9. The molecule has 3 rings (SSSR count). The molecule has 0 saturated heterocycles. The van der Waals surface area contributed by atoms with Gasteiger partial charge in [0.15, 0.2) is 15.7 Å². The monoisotopic (exact) mass is 556 g/mol. The average molecular weight is 557 g/mol. The number of carbonyl (C=O) groups excluding carboxylic acids is 1. The number of pyridine rings is 1. The van der Waals surface area contributed by atoms with Gasteiger partial charge in [-0.2, -0.15) is 0 Å². The van der Waals surface area contributed by atoms with Gasteiger partial charge in [0.05, 0.1) is 23.2 Å². The first-order chi connectivity index (χ1) is 17.8. The van der Waals surface area contributed by atoms with Crippen LogP contribution in [0.1, 0.15) is 35.7 Å². The van der Waals surface area contributed by atoms with E-state index in [4.69, 9.17) is 5.73 Å². The largest absolute Gasteiger partial charge is 0.479 e. The third-order valence-corrected chi connectivity index (χ3v) is 8.45. The van der Waals surface area contributed by atoms with Crippen LogP contribution >= 0.6 is 0 Å². The number of carbonyl (C=O) groups is 2. The molecule has 2 unspecified atom stereocenters. The molecule has 2 aromatic rings. The van der Waals surface area contributed by atoms with Gasteiger partial charge in [0.2, 0.25) is 10.3 Å². The zero-order valence-electron chi connectivity index (χ0n) is 20.8. The predicted octanol–water partition coefficient (Wildman–Crippen LogP) is -0.419. The van der Waals surface area contributed by atoms with E-state index in [9.17, 15) is 32.3 Å². The van der Waals surface area contributed by atoms with Crippen LogP contribution in [0.25, 0.3) is 10.9 Å². The van der Waals surface area contributed by atoms with Crippen molar-refractivity contribution >= 4 is 32.6 Å². The van der Waals surface area contributed by atoms with Crippen LogP contribution in [0.4, 0.5) is 8.78 Å². The molecule has 2 atom stereocenters. The first-order valence-corrected chi connectivity index (χ1v) is 13.4. The molecule has 0 saturated carbocycles. The van der Waals surface area contributed by atoms with Gasteiger partial charge in [-0.25, -0.2) is 22.0 Å². The number of rotatable bonds is 11. The number of aryl methyl sites for hydroxylation is 1. The second-order valence-corrected chi connectivity index (χ2v) is 11.2. The molecular weight excluding hydrogens is 526 g/mol. The van der Waals surface area contributed by atoms with E-state index in [1.165, 1.54) is 7.05 Å². The van der Waals surface area contributed by atoms with Crippen molar-refractivity contribution in [1.29, 1.82) is 0 Å². The number of aliphatic carboxylic acids is 1. The van der Waals surface area contributed by atoms with Gasteiger partial charge >= 0.3 is 5.97 Å². The van der Waals surface area contributed by atoms with Crippen molar-refractivity contribution in [1.82, 2.24) is 25.8 Å². The van der Waals surface area contributed by atoms with Gasteiger partial charge in [-0.15, -0.1) is 0 Å². The van der Waals surface area contributed by atoms with Crippen LogP contribution in [-0.2, 0) is 28.2 Å². The molecule has 1 aliphatic heterocycles. The number of nitrogens with zero attached hydrogens (tertiary/aromatic N) is 1. The Balaban J connectivity index is 1.91. The second-order valence-electron chi connectivity index (χ2n) is 8.87. The van der Waals surface area contributed by atoms with Gasteiger partial charge in [-0.1, -0.05) is 19.4 Å². The summed E-state index contributed by atoms with van der Waals surface area (Å²) in [5.41, 5.74) is 3.50. The maximum absolute atomic E-state index is 15.3. The molecule has 0 radical (unpaired) electrons. The van der Waals surface area contributed by atoms with E-state index in [2.05, 4.69) is 21.3 Å². The van der Waals surface area contributed by atoms with E-state index in [0.29, 0.717) is 13.0 Å². The number of hydrogen-bond donors (Lipinski definition) is 6. The van der Waals surface area contributed by atoms with E-state index in [0.717, 1.165) is 16.8 Å². The minimum Gasteiger partial charge on any atom is -0.479 e. The van der Waals surface area contributed by atoms with Crippen molar-refractivity contribution in [2.45, 2.75) is 37.5 Å². The lowest BCUT2D eigenvalue weighted by Crippen LogP contribution is -2.62. The van der Waals surface area contributed by atoms with Crippen LogP contribution < -0.4 is 32.4 Å². The Kier molecular flexibility index (Phi) is 8.86. The standard InChI is InChI=1S/C23H30F2N6O6S/c1-3-4-8-38(36,37)23(26,21(34)35)12-30-20(33)15-11-31(2)18-13(19(15)32)9-16(24)14(17(18)25)10-29-22-27-6-5-7-28-22/h5-6,9,11,22,27-29H,3-4,7-8,10,12,26H2,1-2H3,(H,30,33)(H,34,35). The summed E-state index contributed by atoms with van der Waals surface area (Å²) >= 11 is 0. The molecular formula is C23H30F2N6O6S.